The first-order valence-corrected chi connectivity index (χ1v) is 6.14. The number of ether oxygens (including phenoxy) is 2. The number of aromatic carboxylic acids is 1. The molecule has 7 heteroatoms. The average molecular weight is 312 g/mol. The Hall–Kier alpha value is -2.70. The number of benzene rings is 2. The Balaban J connectivity index is 1.97. The van der Waals surface area contributed by atoms with Crippen LogP contribution in [0.2, 0.25) is 0 Å². The lowest BCUT2D eigenvalue weighted by Gasteiger charge is -2.10. The zero-order chi connectivity index (χ0) is 16.2. The number of carbonyl (C=O) groups is 1. The van der Waals surface area contributed by atoms with Crippen molar-refractivity contribution in [2.24, 2.45) is 0 Å². The molecule has 0 bridgehead atoms. The van der Waals surface area contributed by atoms with E-state index in [4.69, 9.17) is 9.84 Å². The Labute approximate surface area is 123 Å². The van der Waals surface area contributed by atoms with Gasteiger partial charge >= 0.3 is 12.3 Å². The number of carboxylic acid groups (broad SMARTS) is 1. The predicted octanol–water partition coefficient (Wildman–Crippen LogP) is 3.86. The van der Waals surface area contributed by atoms with Crippen LogP contribution in [0.4, 0.5) is 13.2 Å². The maximum absolute atomic E-state index is 12.0. The van der Waals surface area contributed by atoms with Crippen LogP contribution in [0.1, 0.15) is 15.9 Å². The van der Waals surface area contributed by atoms with Crippen LogP contribution in [0.3, 0.4) is 0 Å². The van der Waals surface area contributed by atoms with Crippen LogP contribution < -0.4 is 9.47 Å². The van der Waals surface area contributed by atoms with Crippen molar-refractivity contribution in [1.29, 1.82) is 0 Å². The number of hydrogen-bond acceptors (Lipinski definition) is 3. The molecule has 0 unspecified atom stereocenters. The summed E-state index contributed by atoms with van der Waals surface area (Å²) in [4.78, 5) is 10.8. The van der Waals surface area contributed by atoms with E-state index >= 15 is 0 Å². The molecule has 1 N–H and O–H groups in total. The third-order valence-electron chi connectivity index (χ3n) is 2.64. The van der Waals surface area contributed by atoms with Crippen molar-refractivity contribution >= 4 is 5.97 Å². The fraction of sp³-hybridized carbons (Fsp3) is 0.133. The molecule has 2 aromatic rings. The molecule has 0 spiro atoms. The first kappa shape index (κ1) is 15.7. The topological polar surface area (TPSA) is 55.8 Å². The van der Waals surface area contributed by atoms with Crippen molar-refractivity contribution in [3.05, 3.63) is 59.7 Å². The minimum atomic E-state index is -4.74. The molecular formula is C15H11F3O4. The largest absolute Gasteiger partial charge is 0.573 e. The number of alkyl halides is 3. The maximum atomic E-state index is 12.0. The Morgan fingerprint density at radius 1 is 1.05 bits per heavy atom. The van der Waals surface area contributed by atoms with E-state index in [1.54, 1.807) is 12.1 Å². The van der Waals surface area contributed by atoms with Crippen molar-refractivity contribution in [2.75, 3.05) is 0 Å². The molecule has 0 fully saturated rings. The van der Waals surface area contributed by atoms with Crippen LogP contribution >= 0.6 is 0 Å². The third kappa shape index (κ3) is 4.69. The monoisotopic (exact) mass is 312 g/mol. The molecule has 0 radical (unpaired) electrons. The highest BCUT2D eigenvalue weighted by molar-refractivity contribution is 5.87. The number of halogens is 3. The van der Waals surface area contributed by atoms with Crippen LogP contribution in [0, 0.1) is 0 Å². The summed E-state index contributed by atoms with van der Waals surface area (Å²) in [6.45, 7) is 0.0978. The van der Waals surface area contributed by atoms with Crippen LogP contribution in [0.25, 0.3) is 0 Å². The molecule has 22 heavy (non-hydrogen) atoms. The molecule has 0 aliphatic rings. The first-order valence-electron chi connectivity index (χ1n) is 6.14. The number of rotatable bonds is 5. The van der Waals surface area contributed by atoms with Gasteiger partial charge in [0.1, 0.15) is 18.1 Å². The van der Waals surface area contributed by atoms with E-state index in [0.717, 1.165) is 12.1 Å². The number of hydrogen-bond donors (Lipinski definition) is 1. The quantitative estimate of drug-likeness (QED) is 0.911. The zero-order valence-corrected chi connectivity index (χ0v) is 11.1. The van der Waals surface area contributed by atoms with Crippen molar-refractivity contribution in [1.82, 2.24) is 0 Å². The van der Waals surface area contributed by atoms with Crippen molar-refractivity contribution in [3.8, 4) is 11.5 Å². The standard InChI is InChI=1S/C15H11F3O4/c16-15(17,18)22-13-6-4-12(5-7-13)21-9-10-2-1-3-11(8-10)14(19)20/h1-8H,9H2,(H,19,20). The summed E-state index contributed by atoms with van der Waals surface area (Å²) in [5.74, 6) is -1.04. The molecule has 4 nitrogen and oxygen atoms in total. The van der Waals surface area contributed by atoms with Gasteiger partial charge in [0.05, 0.1) is 5.56 Å². The number of carboxylic acids is 1. The molecule has 0 aliphatic heterocycles. The summed E-state index contributed by atoms with van der Waals surface area (Å²) in [5.41, 5.74) is 0.769. The highest BCUT2D eigenvalue weighted by Crippen LogP contribution is 2.25. The zero-order valence-electron chi connectivity index (χ0n) is 11.1. The predicted molar refractivity (Wildman–Crippen MR) is 70.9 cm³/mol. The molecule has 0 saturated carbocycles. The molecule has 2 rings (SSSR count). The van der Waals surface area contributed by atoms with E-state index in [1.807, 2.05) is 0 Å². The van der Waals surface area contributed by atoms with Gasteiger partial charge in [-0.2, -0.15) is 0 Å². The lowest BCUT2D eigenvalue weighted by atomic mass is 10.1. The molecule has 2 aromatic carbocycles. The van der Waals surface area contributed by atoms with Crippen LogP contribution in [-0.4, -0.2) is 17.4 Å². The van der Waals surface area contributed by atoms with Gasteiger partial charge in [0.2, 0.25) is 0 Å². The molecule has 0 aliphatic carbocycles. The fourth-order valence-electron chi connectivity index (χ4n) is 1.70. The van der Waals surface area contributed by atoms with E-state index in [1.165, 1.54) is 24.3 Å². The second-order valence-corrected chi connectivity index (χ2v) is 4.31. The molecular weight excluding hydrogens is 301 g/mol. The van der Waals surface area contributed by atoms with Gasteiger partial charge in [-0.05, 0) is 42.0 Å². The fourth-order valence-corrected chi connectivity index (χ4v) is 1.70. The Bertz CT molecular complexity index is 651. The lowest BCUT2D eigenvalue weighted by Crippen LogP contribution is -2.16. The van der Waals surface area contributed by atoms with Crippen molar-refractivity contribution < 1.29 is 32.5 Å². The third-order valence-corrected chi connectivity index (χ3v) is 2.64. The van der Waals surface area contributed by atoms with E-state index in [9.17, 15) is 18.0 Å². The summed E-state index contributed by atoms with van der Waals surface area (Å²) in [7, 11) is 0. The Kier molecular flexibility index (Phi) is 4.55. The summed E-state index contributed by atoms with van der Waals surface area (Å²) in [6, 6.07) is 11.1. The summed E-state index contributed by atoms with van der Waals surface area (Å²) in [5, 5.41) is 8.87. The van der Waals surface area contributed by atoms with Gasteiger partial charge < -0.3 is 14.6 Å². The minimum absolute atomic E-state index is 0.0978. The molecule has 0 atom stereocenters. The second-order valence-electron chi connectivity index (χ2n) is 4.31. The SMILES string of the molecule is O=C(O)c1cccc(COc2ccc(OC(F)(F)F)cc2)c1. The first-order chi connectivity index (χ1) is 10.3. The van der Waals surface area contributed by atoms with Crippen LogP contribution in [0.15, 0.2) is 48.5 Å². The average Bonchev–Trinajstić information content (AvgIpc) is 2.45. The summed E-state index contributed by atoms with van der Waals surface area (Å²) >= 11 is 0. The van der Waals surface area contributed by atoms with E-state index in [0.29, 0.717) is 11.3 Å². The van der Waals surface area contributed by atoms with Gasteiger partial charge in [-0.15, -0.1) is 13.2 Å². The molecule has 0 saturated heterocycles. The van der Waals surface area contributed by atoms with Gasteiger partial charge in [0, 0.05) is 0 Å². The van der Waals surface area contributed by atoms with E-state index in [2.05, 4.69) is 4.74 Å². The highest BCUT2D eigenvalue weighted by atomic mass is 19.4. The molecule has 0 aromatic heterocycles. The highest BCUT2D eigenvalue weighted by Gasteiger charge is 2.30. The molecule has 116 valence electrons. The van der Waals surface area contributed by atoms with Crippen LogP contribution in [-0.2, 0) is 6.61 Å². The molecule has 0 amide bonds. The Morgan fingerprint density at radius 2 is 1.68 bits per heavy atom. The van der Waals surface area contributed by atoms with Gasteiger partial charge in [0.25, 0.3) is 0 Å². The van der Waals surface area contributed by atoms with Crippen molar-refractivity contribution in [2.45, 2.75) is 13.0 Å². The normalized spacial score (nSPS) is 11.0. The van der Waals surface area contributed by atoms with Gasteiger partial charge in [-0.1, -0.05) is 12.1 Å². The maximum Gasteiger partial charge on any atom is 0.573 e. The van der Waals surface area contributed by atoms with Gasteiger partial charge in [-0.25, -0.2) is 4.79 Å². The molecule has 0 heterocycles. The lowest BCUT2D eigenvalue weighted by molar-refractivity contribution is -0.274. The Morgan fingerprint density at radius 3 is 2.27 bits per heavy atom. The second kappa shape index (κ2) is 6.38. The summed E-state index contributed by atoms with van der Waals surface area (Å²) in [6.07, 6.45) is -4.74. The van der Waals surface area contributed by atoms with E-state index in [-0.39, 0.29) is 17.9 Å². The minimum Gasteiger partial charge on any atom is -0.489 e. The van der Waals surface area contributed by atoms with Gasteiger partial charge in [-0.3, -0.25) is 0 Å². The summed E-state index contributed by atoms with van der Waals surface area (Å²) < 4.78 is 45.2. The van der Waals surface area contributed by atoms with Crippen LogP contribution in [0.5, 0.6) is 11.5 Å². The van der Waals surface area contributed by atoms with Gasteiger partial charge in [0.15, 0.2) is 0 Å². The van der Waals surface area contributed by atoms with E-state index < -0.39 is 12.3 Å². The van der Waals surface area contributed by atoms with Crippen molar-refractivity contribution in [3.63, 3.8) is 0 Å². The smallest absolute Gasteiger partial charge is 0.489 e.